The molecule has 1 aliphatic rings. The highest BCUT2D eigenvalue weighted by Crippen LogP contribution is 2.32. The number of H-pyrrole nitrogens is 1. The minimum atomic E-state index is -0.257. The van der Waals surface area contributed by atoms with E-state index in [1.807, 2.05) is 25.3 Å². The number of likely N-dealkylation sites (N-methyl/N-ethyl adjacent to an activating group) is 1. The van der Waals surface area contributed by atoms with E-state index in [9.17, 15) is 0 Å². The average molecular weight is 415 g/mol. The first-order chi connectivity index (χ1) is 15.0. The fourth-order valence-electron chi connectivity index (χ4n) is 4.38. The summed E-state index contributed by atoms with van der Waals surface area (Å²) in [7, 11) is 2.15. The number of pyridine rings is 1. The molecule has 1 atom stereocenters. The highest BCUT2D eigenvalue weighted by Gasteiger charge is 2.19. The predicted octanol–water partition coefficient (Wildman–Crippen LogP) is 4.04. The number of nitrogen functional groups attached to an aromatic ring is 1. The van der Waals surface area contributed by atoms with E-state index >= 15 is 0 Å². The quantitative estimate of drug-likeness (QED) is 0.524. The van der Waals surface area contributed by atoms with Crippen molar-refractivity contribution in [2.75, 3.05) is 19.3 Å². The summed E-state index contributed by atoms with van der Waals surface area (Å²) in [6, 6.07) is 8.36. The molecule has 0 bridgehead atoms. The molecule has 7 heteroatoms. The summed E-state index contributed by atoms with van der Waals surface area (Å²) in [5, 5.41) is 1.02. The van der Waals surface area contributed by atoms with Crippen LogP contribution in [-0.4, -0.2) is 38.4 Å². The second-order valence-corrected chi connectivity index (χ2v) is 8.26. The minimum Gasteiger partial charge on any atom is -0.467 e. The van der Waals surface area contributed by atoms with E-state index in [-0.39, 0.29) is 11.9 Å². The van der Waals surface area contributed by atoms with Gasteiger partial charge >= 0.3 is 0 Å². The van der Waals surface area contributed by atoms with Gasteiger partial charge in [0.15, 0.2) is 5.82 Å². The first kappa shape index (κ1) is 19.5. The van der Waals surface area contributed by atoms with Crippen LogP contribution in [0.15, 0.2) is 42.9 Å². The zero-order valence-electron chi connectivity index (χ0n) is 18.0. The Hall–Kier alpha value is -3.45. The van der Waals surface area contributed by atoms with Crippen LogP contribution in [0, 0.1) is 6.92 Å². The third-order valence-corrected chi connectivity index (χ3v) is 6.03. The van der Waals surface area contributed by atoms with Crippen molar-refractivity contribution < 1.29 is 4.74 Å². The lowest BCUT2D eigenvalue weighted by Crippen LogP contribution is -2.27. The van der Waals surface area contributed by atoms with Gasteiger partial charge in [0.25, 0.3) is 5.88 Å². The monoisotopic (exact) mass is 414 g/mol. The predicted molar refractivity (Wildman–Crippen MR) is 122 cm³/mol. The molecule has 4 heterocycles. The van der Waals surface area contributed by atoms with Crippen LogP contribution >= 0.6 is 0 Å². The van der Waals surface area contributed by atoms with Crippen molar-refractivity contribution in [3.8, 4) is 17.1 Å². The lowest BCUT2D eigenvalue weighted by atomic mass is 9.92. The van der Waals surface area contributed by atoms with Gasteiger partial charge in [0.2, 0.25) is 0 Å². The highest BCUT2D eigenvalue weighted by atomic mass is 16.5. The number of benzene rings is 1. The van der Waals surface area contributed by atoms with Crippen molar-refractivity contribution >= 4 is 16.9 Å². The zero-order valence-corrected chi connectivity index (χ0v) is 18.0. The van der Waals surface area contributed by atoms with E-state index in [1.165, 1.54) is 16.7 Å². The molecule has 1 aromatic carbocycles. The molecule has 7 nitrogen and oxygen atoms in total. The molecule has 0 amide bonds. The van der Waals surface area contributed by atoms with E-state index in [0.717, 1.165) is 47.4 Å². The molecular weight excluding hydrogens is 388 g/mol. The van der Waals surface area contributed by atoms with Crippen molar-refractivity contribution in [3.63, 3.8) is 0 Å². The second kappa shape index (κ2) is 7.67. The van der Waals surface area contributed by atoms with Crippen molar-refractivity contribution in [1.29, 1.82) is 0 Å². The largest absolute Gasteiger partial charge is 0.467 e. The number of hydrogen-bond donors (Lipinski definition) is 2. The molecule has 5 rings (SSSR count). The summed E-state index contributed by atoms with van der Waals surface area (Å²) in [5.74, 6) is 0.627. The third-order valence-electron chi connectivity index (χ3n) is 6.03. The first-order valence-electron chi connectivity index (χ1n) is 10.5. The van der Waals surface area contributed by atoms with Crippen LogP contribution in [0.5, 0.6) is 5.88 Å². The lowest BCUT2D eigenvalue weighted by Gasteiger charge is -2.27. The van der Waals surface area contributed by atoms with Crippen LogP contribution in [0.1, 0.15) is 35.3 Å². The van der Waals surface area contributed by atoms with Crippen LogP contribution < -0.4 is 10.5 Å². The Morgan fingerprint density at radius 3 is 2.97 bits per heavy atom. The van der Waals surface area contributed by atoms with Gasteiger partial charge < -0.3 is 20.4 Å². The van der Waals surface area contributed by atoms with Crippen LogP contribution in [-0.2, 0) is 13.0 Å². The van der Waals surface area contributed by atoms with E-state index in [2.05, 4.69) is 46.0 Å². The topological polar surface area (TPSA) is 92.9 Å². The van der Waals surface area contributed by atoms with E-state index in [0.29, 0.717) is 5.88 Å². The van der Waals surface area contributed by atoms with Crippen molar-refractivity contribution in [2.45, 2.75) is 32.9 Å². The van der Waals surface area contributed by atoms with Crippen LogP contribution in [0.3, 0.4) is 0 Å². The molecule has 0 fully saturated rings. The Kier molecular flexibility index (Phi) is 4.82. The van der Waals surface area contributed by atoms with Gasteiger partial charge in [-0.25, -0.2) is 15.0 Å². The molecule has 0 saturated heterocycles. The maximum atomic E-state index is 6.18. The van der Waals surface area contributed by atoms with Crippen molar-refractivity contribution in [1.82, 2.24) is 24.8 Å². The number of aryl methyl sites for hydroxylation is 1. The number of rotatable bonds is 4. The highest BCUT2D eigenvalue weighted by molar-refractivity contribution is 5.79. The van der Waals surface area contributed by atoms with Gasteiger partial charge in [0.1, 0.15) is 11.8 Å². The fraction of sp³-hybridized carbons (Fsp3) is 0.292. The number of hydrogen-bond acceptors (Lipinski definition) is 6. The van der Waals surface area contributed by atoms with Gasteiger partial charge in [-0.05, 0) is 68.3 Å². The molecule has 0 aliphatic carbocycles. The third kappa shape index (κ3) is 3.61. The molecule has 1 aliphatic heterocycles. The Labute approximate surface area is 181 Å². The Morgan fingerprint density at radius 2 is 2.10 bits per heavy atom. The molecule has 3 aromatic heterocycles. The number of aromatic amines is 1. The van der Waals surface area contributed by atoms with Gasteiger partial charge in [-0.3, -0.25) is 0 Å². The molecule has 0 saturated carbocycles. The Bertz CT molecular complexity index is 1260. The van der Waals surface area contributed by atoms with Crippen LogP contribution in [0.2, 0.25) is 0 Å². The second-order valence-electron chi connectivity index (χ2n) is 8.26. The number of nitrogens with two attached hydrogens (primary N) is 1. The number of nitrogens with zero attached hydrogens (tertiary/aromatic N) is 4. The Morgan fingerprint density at radius 1 is 1.23 bits per heavy atom. The zero-order chi connectivity index (χ0) is 21.5. The SMILES string of the molecule is Cc1cc(-c2cnc(N)c(OC(C)c3ccnc4[nH]ccc34)n2)cc2c1CCN(C)C2. The summed E-state index contributed by atoms with van der Waals surface area (Å²) >= 11 is 0. The van der Waals surface area contributed by atoms with Gasteiger partial charge in [-0.2, -0.15) is 0 Å². The number of anilines is 1. The summed E-state index contributed by atoms with van der Waals surface area (Å²) in [5.41, 5.74) is 13.9. The minimum absolute atomic E-state index is 0.257. The molecule has 1 unspecified atom stereocenters. The van der Waals surface area contributed by atoms with Crippen LogP contribution in [0.4, 0.5) is 5.82 Å². The molecule has 0 radical (unpaired) electrons. The maximum absolute atomic E-state index is 6.18. The maximum Gasteiger partial charge on any atom is 0.258 e. The lowest BCUT2D eigenvalue weighted by molar-refractivity contribution is 0.220. The van der Waals surface area contributed by atoms with Gasteiger partial charge in [-0.15, -0.1) is 0 Å². The first-order valence-corrected chi connectivity index (χ1v) is 10.5. The van der Waals surface area contributed by atoms with E-state index in [4.69, 9.17) is 15.5 Å². The molecule has 4 aromatic rings. The fourth-order valence-corrected chi connectivity index (χ4v) is 4.38. The normalized spacial score (nSPS) is 15.1. The average Bonchev–Trinajstić information content (AvgIpc) is 3.23. The molecule has 158 valence electrons. The standard InChI is InChI=1S/C24H26N6O/c1-14-10-16(11-17-13-30(3)9-6-18(14)17)21-12-28-22(25)24(29-21)31-15(2)19-4-7-26-23-20(19)5-8-27-23/h4-5,7-8,10-12,15H,6,9,13H2,1-3H3,(H2,25,28)(H,26,27). The molecule has 31 heavy (non-hydrogen) atoms. The van der Waals surface area contributed by atoms with Gasteiger partial charge in [0, 0.05) is 42.0 Å². The summed E-state index contributed by atoms with van der Waals surface area (Å²) in [6.45, 7) is 6.19. The Balaban J connectivity index is 1.48. The van der Waals surface area contributed by atoms with Crippen molar-refractivity contribution in [2.24, 2.45) is 0 Å². The summed E-state index contributed by atoms with van der Waals surface area (Å²) in [4.78, 5) is 18.9. The number of aromatic nitrogens is 4. The van der Waals surface area contributed by atoms with Crippen molar-refractivity contribution in [3.05, 3.63) is 65.1 Å². The number of nitrogens with one attached hydrogen (secondary N) is 1. The smallest absolute Gasteiger partial charge is 0.258 e. The number of ether oxygens (including phenoxy) is 1. The van der Waals surface area contributed by atoms with Gasteiger partial charge in [0.05, 0.1) is 11.9 Å². The van der Waals surface area contributed by atoms with Gasteiger partial charge in [-0.1, -0.05) is 0 Å². The molecule has 0 spiro atoms. The molecular formula is C24H26N6O. The summed E-state index contributed by atoms with van der Waals surface area (Å²) in [6.07, 6.45) is 6.19. The van der Waals surface area contributed by atoms with E-state index in [1.54, 1.807) is 12.4 Å². The van der Waals surface area contributed by atoms with Crippen LogP contribution in [0.25, 0.3) is 22.3 Å². The summed E-state index contributed by atoms with van der Waals surface area (Å²) < 4.78 is 6.18. The number of fused-ring (bicyclic) bond motifs is 2. The molecule has 3 N–H and O–H groups in total. The van der Waals surface area contributed by atoms with E-state index < -0.39 is 0 Å².